The van der Waals surface area contributed by atoms with Gasteiger partial charge in [-0.25, -0.2) is 0 Å². The van der Waals surface area contributed by atoms with Crippen molar-refractivity contribution >= 4 is 81.3 Å². The highest BCUT2D eigenvalue weighted by atomic mass is 79.9. The van der Waals surface area contributed by atoms with Gasteiger partial charge in [-0.2, -0.15) is 0 Å². The van der Waals surface area contributed by atoms with Gasteiger partial charge < -0.3 is 13.7 Å². The molecule has 0 amide bonds. The Morgan fingerprint density at radius 1 is 0.155 bits per heavy atom. The Hall–Kier alpha value is -15.7. The number of aromatic nitrogens is 3. The number of nitrogens with zero attached hydrogens (tertiary/aromatic N) is 3. The van der Waals surface area contributed by atoms with Crippen LogP contribution in [-0.4, -0.2) is 13.7 Å². The van der Waals surface area contributed by atoms with Crippen LogP contribution in [0.4, 0.5) is 0 Å². The lowest BCUT2D eigenvalue weighted by molar-refractivity contribution is 0.632. The number of hydrogen-bond donors (Lipinski definition) is 0. The van der Waals surface area contributed by atoms with Crippen molar-refractivity contribution in [2.75, 3.05) is 0 Å². The first-order valence-electron chi connectivity index (χ1n) is 45.1. The number of rotatable bonds is 3. The third kappa shape index (κ3) is 9.44. The van der Waals surface area contributed by atoms with Crippen molar-refractivity contribution in [2.24, 2.45) is 0 Å². The van der Waals surface area contributed by atoms with Gasteiger partial charge in [0.05, 0.1) is 54.8 Å². The fourth-order valence-electron chi connectivity index (χ4n) is 25.6. The van der Waals surface area contributed by atoms with Gasteiger partial charge in [-0.3, -0.25) is 0 Å². The van der Waals surface area contributed by atoms with Crippen LogP contribution in [-0.2, 0) is 28.1 Å². The van der Waals surface area contributed by atoms with Crippen LogP contribution in [0.15, 0.2) is 466 Å². The minimum atomic E-state index is -0.570. The van der Waals surface area contributed by atoms with Crippen LogP contribution in [0, 0.1) is 0 Å². The summed E-state index contributed by atoms with van der Waals surface area (Å²) in [6, 6.07) is 173. The van der Waals surface area contributed by atoms with E-state index in [1.54, 1.807) is 0 Å². The quantitative estimate of drug-likeness (QED) is 0.167. The normalized spacial score (nSPS) is 14.5. The Labute approximate surface area is 755 Å². The van der Waals surface area contributed by atoms with Crippen molar-refractivity contribution in [1.82, 2.24) is 13.7 Å². The van der Waals surface area contributed by atoms with E-state index in [9.17, 15) is 0 Å². The summed E-state index contributed by atoms with van der Waals surface area (Å²) in [4.78, 5) is 0. The molecule has 0 radical (unpaired) electrons. The molecule has 7 aliphatic carbocycles. The Balaban J connectivity index is 0.000000111. The van der Waals surface area contributed by atoms with Crippen molar-refractivity contribution in [3.63, 3.8) is 0 Å². The van der Waals surface area contributed by atoms with Gasteiger partial charge >= 0.3 is 0 Å². The van der Waals surface area contributed by atoms with E-state index in [4.69, 9.17) is 0 Å². The number of benzene rings is 20. The van der Waals surface area contributed by atoms with E-state index in [1.165, 1.54) is 227 Å². The zero-order valence-corrected chi connectivity index (χ0v) is 71.9. The summed E-state index contributed by atoms with van der Waals surface area (Å²) in [5.74, 6) is 0. The van der Waals surface area contributed by atoms with Crippen LogP contribution in [0.1, 0.15) is 100 Å². The average molecular weight is 1700 g/mol. The topological polar surface area (TPSA) is 14.8 Å². The molecule has 20 aromatic carbocycles. The van der Waals surface area contributed by atoms with Gasteiger partial charge in [-0.1, -0.05) is 380 Å². The smallest absolute Gasteiger partial charge is 0.0720 e. The molecule has 0 fully saturated rings. The summed E-state index contributed by atoms with van der Waals surface area (Å²) in [6.45, 7) is 0. The van der Waals surface area contributed by atoms with Crippen molar-refractivity contribution < 1.29 is 0 Å². The molecule has 3 aromatic heterocycles. The number of fused-ring (bicyclic) bond motifs is 44. The molecule has 4 spiro atoms. The van der Waals surface area contributed by atoms with Crippen LogP contribution in [0.3, 0.4) is 0 Å². The second kappa shape index (κ2) is 27.2. The number of hydrogen-bond acceptors (Lipinski definition) is 0. The molecule has 0 unspecified atom stereocenters. The number of halogens is 1. The van der Waals surface area contributed by atoms with E-state index in [0.29, 0.717) is 0 Å². The highest BCUT2D eigenvalue weighted by Gasteiger charge is 2.62. The zero-order valence-electron chi connectivity index (χ0n) is 70.3. The Kier molecular flexibility index (Phi) is 15.3. The van der Waals surface area contributed by atoms with Crippen LogP contribution in [0.25, 0.3) is 138 Å². The largest absolute Gasteiger partial charge is 0.309 e. The fourth-order valence-corrected chi connectivity index (χ4v) is 26.0. The first-order chi connectivity index (χ1) is 63.9. The van der Waals surface area contributed by atoms with E-state index < -0.39 is 21.7 Å². The highest BCUT2D eigenvalue weighted by molar-refractivity contribution is 9.10. The molecule has 0 saturated heterocycles. The van der Waals surface area contributed by atoms with Crippen molar-refractivity contribution in [3.05, 3.63) is 566 Å². The summed E-state index contributed by atoms with van der Waals surface area (Å²) in [5, 5.41) is 7.56. The molecule has 4 heteroatoms. The van der Waals surface area contributed by atoms with Crippen LogP contribution in [0.5, 0.6) is 0 Å². The second-order valence-corrected chi connectivity index (χ2v) is 36.8. The molecule has 0 atom stereocenters. The van der Waals surface area contributed by atoms with Crippen LogP contribution < -0.4 is 0 Å². The standard InChI is InChI=1S/C62H38N2.C45H28.C18H12BrN/c1-2-18-39(19-3-1)63-57-32-16-8-24-45(57)47-36-40(34-35-59(47)63)64-58-33-17-9-25-46(58)48-37-55-56(38-60(48)64)62(51-28-12-6-22-43(51)44-23-7-13-29-52(44)62)54-31-15-14-30-53(54)61(55)49-26-10-4-20-41(49)42-21-5-11-27-50(42)61;1-2-14-30-28(13-1)25-29-26-42-43(27-35(29)30)45(38-21-9-5-17-33(38)34-18-6-10-22-39(34)45)41-24-12-11-23-40(41)44(42)36-19-7-3-15-31(36)32-16-4-8-20-37(32)44;19-13-10-11-18-16(12-13)15-8-4-5-9-17(15)20(18)14-6-2-1-3-7-14/h1-38H;1-24,26-27H,25H2;1-12H. The van der Waals surface area contributed by atoms with Crippen LogP contribution in [0.2, 0.25) is 0 Å². The van der Waals surface area contributed by atoms with E-state index in [2.05, 4.69) is 485 Å². The van der Waals surface area contributed by atoms with E-state index in [-0.39, 0.29) is 0 Å². The lowest BCUT2D eigenvalue weighted by atomic mass is 9.52. The van der Waals surface area contributed by atoms with Gasteiger partial charge in [0.15, 0.2) is 0 Å². The maximum atomic E-state index is 3.57. The van der Waals surface area contributed by atoms with Gasteiger partial charge in [0.25, 0.3) is 0 Å². The van der Waals surface area contributed by atoms with Gasteiger partial charge in [0.1, 0.15) is 0 Å². The Morgan fingerprint density at radius 3 is 0.814 bits per heavy atom. The van der Waals surface area contributed by atoms with Gasteiger partial charge in [0, 0.05) is 53.9 Å². The molecule has 129 heavy (non-hydrogen) atoms. The molecular weight excluding hydrogens is 1620 g/mol. The monoisotopic (exact) mass is 1700 g/mol. The maximum Gasteiger partial charge on any atom is 0.0720 e. The molecule has 3 heterocycles. The minimum Gasteiger partial charge on any atom is -0.309 e. The molecule has 0 aliphatic heterocycles. The minimum absolute atomic E-state index is 0.416. The summed E-state index contributed by atoms with van der Waals surface area (Å²) >= 11 is 3.57. The van der Waals surface area contributed by atoms with Crippen molar-refractivity contribution in [2.45, 2.75) is 28.1 Å². The van der Waals surface area contributed by atoms with Gasteiger partial charge in [-0.05, 0) is 259 Å². The lowest BCUT2D eigenvalue weighted by Crippen LogP contribution is -2.44. The summed E-state index contributed by atoms with van der Waals surface area (Å²) in [5.41, 5.74) is 47.1. The molecule has 23 aromatic rings. The molecular formula is C125H78BrN3. The maximum absolute atomic E-state index is 3.57. The molecule has 3 nitrogen and oxygen atoms in total. The van der Waals surface area contributed by atoms with Crippen molar-refractivity contribution in [1.29, 1.82) is 0 Å². The summed E-state index contributed by atoms with van der Waals surface area (Å²) in [7, 11) is 0. The molecule has 7 aliphatic rings. The first-order valence-corrected chi connectivity index (χ1v) is 45.9. The van der Waals surface area contributed by atoms with E-state index in [0.717, 1.165) is 22.3 Å². The van der Waals surface area contributed by atoms with Crippen molar-refractivity contribution in [3.8, 4) is 72.7 Å². The Morgan fingerprint density at radius 2 is 0.426 bits per heavy atom. The lowest BCUT2D eigenvalue weighted by Gasteiger charge is -2.49. The molecule has 600 valence electrons. The molecule has 0 N–H and O–H groups in total. The highest BCUT2D eigenvalue weighted by Crippen LogP contribution is 2.71. The predicted molar refractivity (Wildman–Crippen MR) is 535 cm³/mol. The third-order valence-electron chi connectivity index (χ3n) is 30.2. The molecule has 0 saturated carbocycles. The third-order valence-corrected chi connectivity index (χ3v) is 30.7. The van der Waals surface area contributed by atoms with E-state index in [1.807, 2.05) is 6.07 Å². The predicted octanol–water partition coefficient (Wildman–Crippen LogP) is 30.8. The Bertz CT molecular complexity index is 8590. The van der Waals surface area contributed by atoms with E-state index >= 15 is 0 Å². The first kappa shape index (κ1) is 72.6. The SMILES string of the molecule is Brc1ccc2c(c1)c1ccccc1n2-c1ccccc1.c1ccc(-n2c3ccccc3c3cc(-n4c5ccccc5c5cc6c(cc54)C4(c5ccccc5-c5ccccc54)c4ccccc4C64c5ccccc5-c5ccccc54)ccc32)cc1.c1ccc2c(c1)Cc1cc3c(cc1-2)C1(c2ccccc2-c2ccccc21)c1ccccc1C31c2ccccc2-c2ccccc21. The average Bonchev–Trinajstić information content (AvgIpc) is 1.50. The fraction of sp³-hybridized carbons (Fsp3) is 0.0400. The molecule has 30 rings (SSSR count). The van der Waals surface area contributed by atoms with Gasteiger partial charge in [-0.15, -0.1) is 0 Å². The zero-order chi connectivity index (χ0) is 84.6. The summed E-state index contributed by atoms with van der Waals surface area (Å²) in [6.07, 6.45) is 0.972. The number of para-hydroxylation sites is 5. The molecule has 0 bridgehead atoms. The van der Waals surface area contributed by atoms with Gasteiger partial charge in [0.2, 0.25) is 0 Å². The summed E-state index contributed by atoms with van der Waals surface area (Å²) < 4.78 is 8.38. The van der Waals surface area contributed by atoms with Crippen LogP contribution >= 0.6 is 15.9 Å². The second-order valence-electron chi connectivity index (χ2n) is 35.9.